The van der Waals surface area contributed by atoms with Gasteiger partial charge in [-0.2, -0.15) is 4.31 Å². The summed E-state index contributed by atoms with van der Waals surface area (Å²) in [6, 6.07) is 12.3. The Labute approximate surface area is 164 Å². The Bertz CT molecular complexity index is 850. The number of carbonyl (C=O) groups excluding carboxylic acids is 1. The molecule has 0 aromatic heterocycles. The van der Waals surface area contributed by atoms with Crippen LogP contribution in [0.3, 0.4) is 0 Å². The molecule has 0 aliphatic carbocycles. The fourth-order valence-electron chi connectivity index (χ4n) is 2.46. The van der Waals surface area contributed by atoms with Gasteiger partial charge in [-0.3, -0.25) is 4.79 Å². The molecule has 0 saturated carbocycles. The number of hydrogen-bond donors (Lipinski definition) is 1. The number of hydrogen-bond acceptors (Lipinski definition) is 4. The number of sulfonamides is 1. The average molecular weight is 411 g/mol. The van der Waals surface area contributed by atoms with Gasteiger partial charge in [-0.25, -0.2) is 12.8 Å². The highest BCUT2D eigenvalue weighted by atomic mass is 32.2. The predicted octanol–water partition coefficient (Wildman–Crippen LogP) is 3.73. The summed E-state index contributed by atoms with van der Waals surface area (Å²) in [4.78, 5) is 12.2. The number of carbonyl (C=O) groups is 1. The highest BCUT2D eigenvalue weighted by Gasteiger charge is 2.21. The lowest BCUT2D eigenvalue weighted by Gasteiger charge is -2.18. The maximum absolute atomic E-state index is 12.9. The molecule has 0 fully saturated rings. The summed E-state index contributed by atoms with van der Waals surface area (Å²) >= 11 is 1.42. The minimum atomic E-state index is -3.50. The van der Waals surface area contributed by atoms with Gasteiger partial charge in [-0.15, -0.1) is 11.8 Å². The summed E-state index contributed by atoms with van der Waals surface area (Å²) < 4.78 is 39.1. The van der Waals surface area contributed by atoms with Gasteiger partial charge in [-0.1, -0.05) is 26.0 Å². The number of halogens is 1. The third-order valence-electron chi connectivity index (χ3n) is 3.90. The summed E-state index contributed by atoms with van der Waals surface area (Å²) in [6.45, 7) is 4.39. The summed E-state index contributed by atoms with van der Waals surface area (Å²) in [5.41, 5.74) is 1.49. The van der Waals surface area contributed by atoms with Crippen molar-refractivity contribution >= 4 is 33.4 Å². The zero-order chi connectivity index (χ0) is 19.9. The molecule has 0 bridgehead atoms. The third-order valence-corrected chi connectivity index (χ3v) is 6.96. The zero-order valence-corrected chi connectivity index (χ0v) is 16.9. The Morgan fingerprint density at radius 3 is 2.19 bits per heavy atom. The number of benzene rings is 2. The van der Waals surface area contributed by atoms with Crippen LogP contribution in [0, 0.1) is 5.82 Å². The first-order chi connectivity index (χ1) is 12.9. The molecular formula is C19H23FN2O3S2. The van der Waals surface area contributed by atoms with E-state index >= 15 is 0 Å². The van der Waals surface area contributed by atoms with Crippen molar-refractivity contribution in [1.82, 2.24) is 4.31 Å². The van der Waals surface area contributed by atoms with E-state index in [4.69, 9.17) is 0 Å². The number of nitrogens with zero attached hydrogens (tertiary/aromatic N) is 1. The normalized spacial score (nSPS) is 11.6. The predicted molar refractivity (Wildman–Crippen MR) is 108 cm³/mol. The number of rotatable bonds is 9. The Kier molecular flexibility index (Phi) is 7.82. The topological polar surface area (TPSA) is 66.5 Å². The first kappa shape index (κ1) is 21.4. The maximum atomic E-state index is 12.9. The van der Waals surface area contributed by atoms with E-state index < -0.39 is 10.0 Å². The van der Waals surface area contributed by atoms with Gasteiger partial charge in [0.05, 0.1) is 10.6 Å². The van der Waals surface area contributed by atoms with Crippen LogP contribution in [0.5, 0.6) is 0 Å². The third kappa shape index (κ3) is 6.05. The molecule has 27 heavy (non-hydrogen) atoms. The molecule has 1 N–H and O–H groups in total. The molecule has 0 spiro atoms. The molecule has 2 aromatic rings. The molecule has 0 heterocycles. The van der Waals surface area contributed by atoms with Crippen molar-refractivity contribution in [3.63, 3.8) is 0 Å². The van der Waals surface area contributed by atoms with Gasteiger partial charge in [0.25, 0.3) is 0 Å². The average Bonchev–Trinajstić information content (AvgIpc) is 2.64. The summed E-state index contributed by atoms with van der Waals surface area (Å²) in [6.07, 6.45) is 0. The van der Waals surface area contributed by atoms with Crippen LogP contribution in [0.1, 0.15) is 19.4 Å². The lowest BCUT2D eigenvalue weighted by molar-refractivity contribution is -0.113. The molecule has 146 valence electrons. The first-order valence-corrected chi connectivity index (χ1v) is 11.2. The van der Waals surface area contributed by atoms with E-state index in [1.807, 2.05) is 0 Å². The van der Waals surface area contributed by atoms with Gasteiger partial charge < -0.3 is 5.32 Å². The van der Waals surface area contributed by atoms with Gasteiger partial charge in [0.15, 0.2) is 0 Å². The SMILES string of the molecule is CCN(CC)S(=O)(=O)c1ccc(NC(=O)CSCc2ccc(F)cc2)cc1. The summed E-state index contributed by atoms with van der Waals surface area (Å²) in [7, 11) is -3.50. The van der Waals surface area contributed by atoms with Crippen LogP contribution in [0.15, 0.2) is 53.4 Å². The van der Waals surface area contributed by atoms with Crippen LogP contribution in [0.25, 0.3) is 0 Å². The molecule has 2 rings (SSSR count). The molecule has 1 amide bonds. The lowest BCUT2D eigenvalue weighted by atomic mass is 10.2. The van der Waals surface area contributed by atoms with Crippen molar-refractivity contribution in [3.8, 4) is 0 Å². The second kappa shape index (κ2) is 9.87. The van der Waals surface area contributed by atoms with E-state index in [0.717, 1.165) is 5.56 Å². The second-order valence-electron chi connectivity index (χ2n) is 5.78. The van der Waals surface area contributed by atoms with E-state index in [2.05, 4.69) is 5.32 Å². The second-order valence-corrected chi connectivity index (χ2v) is 8.70. The molecule has 0 aliphatic heterocycles. The molecular weight excluding hydrogens is 387 g/mol. The molecule has 0 aliphatic rings. The number of anilines is 1. The fraction of sp³-hybridized carbons (Fsp3) is 0.316. The lowest BCUT2D eigenvalue weighted by Crippen LogP contribution is -2.30. The van der Waals surface area contributed by atoms with E-state index in [9.17, 15) is 17.6 Å². The zero-order valence-electron chi connectivity index (χ0n) is 15.3. The highest BCUT2D eigenvalue weighted by molar-refractivity contribution is 7.99. The van der Waals surface area contributed by atoms with Crippen molar-refractivity contribution in [2.45, 2.75) is 24.5 Å². The first-order valence-electron chi connectivity index (χ1n) is 8.59. The van der Waals surface area contributed by atoms with Crippen molar-refractivity contribution in [3.05, 3.63) is 59.9 Å². The van der Waals surface area contributed by atoms with Crippen molar-refractivity contribution in [2.75, 3.05) is 24.2 Å². The molecule has 0 unspecified atom stereocenters. The van der Waals surface area contributed by atoms with Gasteiger partial charge in [0.1, 0.15) is 5.82 Å². The monoisotopic (exact) mass is 410 g/mol. The molecule has 5 nitrogen and oxygen atoms in total. The minimum Gasteiger partial charge on any atom is -0.325 e. The fourth-order valence-corrected chi connectivity index (χ4v) is 4.71. The number of thioether (sulfide) groups is 1. The van der Waals surface area contributed by atoms with Crippen molar-refractivity contribution in [1.29, 1.82) is 0 Å². The van der Waals surface area contributed by atoms with Gasteiger partial charge in [-0.05, 0) is 42.0 Å². The van der Waals surface area contributed by atoms with Gasteiger partial charge in [0, 0.05) is 24.5 Å². The summed E-state index contributed by atoms with van der Waals surface area (Å²) in [5, 5.41) is 2.74. The Morgan fingerprint density at radius 2 is 1.63 bits per heavy atom. The quantitative estimate of drug-likeness (QED) is 0.684. The molecule has 0 atom stereocenters. The van der Waals surface area contributed by atoms with Crippen LogP contribution >= 0.6 is 11.8 Å². The van der Waals surface area contributed by atoms with E-state index in [0.29, 0.717) is 24.5 Å². The van der Waals surface area contributed by atoms with Crippen LogP contribution in [0.4, 0.5) is 10.1 Å². The van der Waals surface area contributed by atoms with Crippen LogP contribution < -0.4 is 5.32 Å². The van der Waals surface area contributed by atoms with Crippen LogP contribution in [-0.2, 0) is 20.6 Å². The van der Waals surface area contributed by atoms with E-state index in [1.165, 1.54) is 40.3 Å². The Morgan fingerprint density at radius 1 is 1.04 bits per heavy atom. The smallest absolute Gasteiger partial charge is 0.243 e. The van der Waals surface area contributed by atoms with Crippen LogP contribution in [-0.4, -0.2) is 37.5 Å². The summed E-state index contributed by atoms with van der Waals surface area (Å²) in [5.74, 6) is 0.389. The van der Waals surface area contributed by atoms with Gasteiger partial charge in [0.2, 0.25) is 15.9 Å². The number of nitrogens with one attached hydrogen (secondary N) is 1. The van der Waals surface area contributed by atoms with Crippen molar-refractivity contribution < 1.29 is 17.6 Å². The van der Waals surface area contributed by atoms with E-state index in [1.54, 1.807) is 38.1 Å². The largest absolute Gasteiger partial charge is 0.325 e. The molecule has 0 saturated heterocycles. The highest BCUT2D eigenvalue weighted by Crippen LogP contribution is 2.19. The molecule has 0 radical (unpaired) electrons. The number of amides is 1. The van der Waals surface area contributed by atoms with Crippen molar-refractivity contribution in [2.24, 2.45) is 0 Å². The Hall–Kier alpha value is -1.90. The van der Waals surface area contributed by atoms with Gasteiger partial charge >= 0.3 is 0 Å². The maximum Gasteiger partial charge on any atom is 0.243 e. The van der Waals surface area contributed by atoms with E-state index in [-0.39, 0.29) is 22.4 Å². The minimum absolute atomic E-state index is 0.179. The molecule has 8 heteroatoms. The standard InChI is InChI=1S/C19H23FN2O3S2/c1-3-22(4-2)27(24,25)18-11-9-17(10-12-18)21-19(23)14-26-13-15-5-7-16(20)8-6-15/h5-12H,3-4,13-14H2,1-2H3,(H,21,23). The molecule has 2 aromatic carbocycles. The Balaban J connectivity index is 1.88. The van der Waals surface area contributed by atoms with Crippen LogP contribution in [0.2, 0.25) is 0 Å².